The molecule has 0 saturated heterocycles. The third-order valence-electron chi connectivity index (χ3n) is 1.49. The summed E-state index contributed by atoms with van der Waals surface area (Å²) < 4.78 is 24.3. The highest BCUT2D eigenvalue weighted by Crippen LogP contribution is 2.23. The highest BCUT2D eigenvalue weighted by atomic mass is 32.1. The average molecular weight is 201 g/mol. The maximum Gasteiger partial charge on any atom is 0.281 e. The minimum Gasteiger partial charge on any atom is -0.343 e. The van der Waals surface area contributed by atoms with Crippen molar-refractivity contribution >= 4 is 11.3 Å². The van der Waals surface area contributed by atoms with Crippen LogP contribution >= 0.6 is 11.3 Å². The van der Waals surface area contributed by atoms with Crippen LogP contribution in [-0.2, 0) is 0 Å². The maximum atomic E-state index is 12.1. The molecule has 0 aliphatic heterocycles. The van der Waals surface area contributed by atoms with Crippen LogP contribution in [0.2, 0.25) is 0 Å². The van der Waals surface area contributed by atoms with Crippen LogP contribution in [0.5, 0.6) is 0 Å². The van der Waals surface area contributed by atoms with Crippen molar-refractivity contribution in [3.05, 3.63) is 23.6 Å². The molecule has 3 nitrogen and oxygen atoms in total. The van der Waals surface area contributed by atoms with Crippen molar-refractivity contribution in [3.63, 3.8) is 0 Å². The molecule has 2 heterocycles. The Morgan fingerprint density at radius 1 is 1.46 bits per heavy atom. The fraction of sp³-hybridized carbons (Fsp3) is 0.143. The summed E-state index contributed by atoms with van der Waals surface area (Å²) in [5.41, 5.74) is 1.39. The van der Waals surface area contributed by atoms with Crippen molar-refractivity contribution in [1.29, 1.82) is 0 Å². The summed E-state index contributed by atoms with van der Waals surface area (Å²) in [4.78, 5) is 11.0. The lowest BCUT2D eigenvalue weighted by Crippen LogP contribution is -1.82. The van der Waals surface area contributed by atoms with Crippen LogP contribution in [0, 0.1) is 0 Å². The topological polar surface area (TPSA) is 41.6 Å². The number of aromatic amines is 1. The summed E-state index contributed by atoms with van der Waals surface area (Å²) in [6.45, 7) is 0. The Morgan fingerprint density at radius 2 is 2.31 bits per heavy atom. The van der Waals surface area contributed by atoms with Crippen LogP contribution in [0.4, 0.5) is 8.78 Å². The number of alkyl halides is 2. The Morgan fingerprint density at radius 3 is 2.85 bits per heavy atom. The number of hydrogen-bond acceptors (Lipinski definition) is 3. The lowest BCUT2D eigenvalue weighted by molar-refractivity contribution is 0.146. The Bertz CT molecular complexity index is 382. The monoisotopic (exact) mass is 201 g/mol. The quantitative estimate of drug-likeness (QED) is 0.810. The molecule has 0 amide bonds. The Labute approximate surface area is 76.5 Å². The van der Waals surface area contributed by atoms with E-state index in [4.69, 9.17) is 0 Å². The fourth-order valence-electron chi connectivity index (χ4n) is 0.907. The first-order chi connectivity index (χ1) is 6.27. The van der Waals surface area contributed by atoms with Gasteiger partial charge in [-0.2, -0.15) is 0 Å². The third kappa shape index (κ3) is 1.57. The zero-order valence-corrected chi connectivity index (χ0v) is 7.18. The van der Waals surface area contributed by atoms with Crippen molar-refractivity contribution in [2.75, 3.05) is 0 Å². The summed E-state index contributed by atoms with van der Waals surface area (Å²) >= 11 is 1.35. The number of H-pyrrole nitrogens is 1. The van der Waals surface area contributed by atoms with Gasteiger partial charge >= 0.3 is 0 Å². The van der Waals surface area contributed by atoms with Gasteiger partial charge in [0.25, 0.3) is 6.43 Å². The van der Waals surface area contributed by atoms with E-state index in [1.165, 1.54) is 17.5 Å². The van der Waals surface area contributed by atoms with Gasteiger partial charge in [-0.3, -0.25) is 4.98 Å². The molecule has 0 fully saturated rings. The van der Waals surface area contributed by atoms with Crippen LogP contribution in [0.1, 0.15) is 12.1 Å². The Hall–Kier alpha value is -1.30. The molecular formula is C7H5F2N3S. The van der Waals surface area contributed by atoms with Gasteiger partial charge in [-0.05, 0) is 0 Å². The molecule has 2 aromatic rings. The molecule has 0 bridgehead atoms. The molecule has 0 radical (unpaired) electrons. The predicted molar refractivity (Wildman–Crippen MR) is 44.7 cm³/mol. The molecule has 0 aliphatic carbocycles. The molecule has 0 unspecified atom stereocenters. The molecule has 2 aromatic heterocycles. The van der Waals surface area contributed by atoms with Gasteiger partial charge in [0, 0.05) is 12.4 Å². The molecule has 0 aromatic carbocycles. The van der Waals surface area contributed by atoms with Crippen LogP contribution < -0.4 is 0 Å². The molecule has 2 rings (SSSR count). The smallest absolute Gasteiger partial charge is 0.281 e. The normalized spacial score (nSPS) is 11.0. The van der Waals surface area contributed by atoms with Crippen LogP contribution in [0.15, 0.2) is 17.9 Å². The van der Waals surface area contributed by atoms with Crippen LogP contribution in [0.3, 0.4) is 0 Å². The largest absolute Gasteiger partial charge is 0.343 e. The SMILES string of the molecule is FC(F)c1c[nH]c(-c2cncs2)n1. The van der Waals surface area contributed by atoms with Crippen molar-refractivity contribution in [2.24, 2.45) is 0 Å². The number of halogens is 2. The summed E-state index contributed by atoms with van der Waals surface area (Å²) in [7, 11) is 0. The second-order valence-corrected chi connectivity index (χ2v) is 3.23. The third-order valence-corrected chi connectivity index (χ3v) is 2.27. The number of hydrogen-bond donors (Lipinski definition) is 1. The molecule has 0 saturated carbocycles. The van der Waals surface area contributed by atoms with Crippen molar-refractivity contribution in [3.8, 4) is 10.7 Å². The van der Waals surface area contributed by atoms with E-state index in [9.17, 15) is 8.78 Å². The van der Waals surface area contributed by atoms with Crippen LogP contribution in [0.25, 0.3) is 10.7 Å². The van der Waals surface area contributed by atoms with Gasteiger partial charge in [-0.1, -0.05) is 0 Å². The van der Waals surface area contributed by atoms with Crippen LogP contribution in [-0.4, -0.2) is 15.0 Å². The Kier molecular flexibility index (Phi) is 2.05. The summed E-state index contributed by atoms with van der Waals surface area (Å²) in [6.07, 6.45) is 0.260. The summed E-state index contributed by atoms with van der Waals surface area (Å²) in [5.74, 6) is 0.442. The lowest BCUT2D eigenvalue weighted by Gasteiger charge is -1.88. The van der Waals surface area contributed by atoms with E-state index in [1.54, 1.807) is 11.7 Å². The molecule has 6 heteroatoms. The minimum atomic E-state index is -2.53. The van der Waals surface area contributed by atoms with Crippen molar-refractivity contribution in [2.45, 2.75) is 6.43 Å². The number of rotatable bonds is 2. The Balaban J connectivity index is 2.33. The van der Waals surface area contributed by atoms with Crippen molar-refractivity contribution < 1.29 is 8.78 Å². The second-order valence-electron chi connectivity index (χ2n) is 2.34. The van der Waals surface area contributed by atoms with E-state index < -0.39 is 6.43 Å². The number of nitrogens with one attached hydrogen (secondary N) is 1. The molecule has 68 valence electrons. The average Bonchev–Trinajstić information content (AvgIpc) is 2.75. The summed E-state index contributed by atoms with van der Waals surface area (Å²) in [5, 5.41) is 0. The van der Waals surface area contributed by atoms with Gasteiger partial charge in [-0.15, -0.1) is 11.3 Å². The predicted octanol–water partition coefficient (Wildman–Crippen LogP) is 2.47. The summed E-state index contributed by atoms with van der Waals surface area (Å²) in [6, 6.07) is 0. The van der Waals surface area contributed by atoms with E-state index in [0.717, 1.165) is 4.88 Å². The zero-order valence-electron chi connectivity index (χ0n) is 6.37. The van der Waals surface area contributed by atoms with Gasteiger partial charge in [0.15, 0.2) is 0 Å². The second kappa shape index (κ2) is 3.21. The van der Waals surface area contributed by atoms with E-state index in [0.29, 0.717) is 5.82 Å². The highest BCUT2D eigenvalue weighted by Gasteiger charge is 2.12. The van der Waals surface area contributed by atoms with Gasteiger partial charge in [-0.25, -0.2) is 13.8 Å². The maximum absolute atomic E-state index is 12.1. The van der Waals surface area contributed by atoms with Gasteiger partial charge in [0.1, 0.15) is 11.5 Å². The first-order valence-electron chi connectivity index (χ1n) is 3.49. The molecular weight excluding hydrogens is 196 g/mol. The minimum absolute atomic E-state index is 0.233. The first kappa shape index (κ1) is 8.31. The molecule has 0 atom stereocenters. The zero-order chi connectivity index (χ0) is 9.26. The first-order valence-corrected chi connectivity index (χ1v) is 4.37. The van der Waals surface area contributed by atoms with Gasteiger partial charge in [0.2, 0.25) is 0 Å². The fourth-order valence-corrected chi connectivity index (χ4v) is 1.48. The standard InChI is InChI=1S/C7H5F2N3S/c8-6(9)4-1-11-7(12-4)5-2-10-3-13-5/h1-3,6H,(H,11,12). The van der Waals surface area contributed by atoms with Gasteiger partial charge < -0.3 is 4.98 Å². The van der Waals surface area contributed by atoms with E-state index in [-0.39, 0.29) is 5.69 Å². The highest BCUT2D eigenvalue weighted by molar-refractivity contribution is 7.13. The van der Waals surface area contributed by atoms with E-state index >= 15 is 0 Å². The molecule has 13 heavy (non-hydrogen) atoms. The molecule has 0 spiro atoms. The lowest BCUT2D eigenvalue weighted by atomic mass is 10.5. The van der Waals surface area contributed by atoms with Crippen molar-refractivity contribution in [1.82, 2.24) is 15.0 Å². The van der Waals surface area contributed by atoms with Gasteiger partial charge in [0.05, 0.1) is 10.4 Å². The number of thiazole rings is 1. The number of aromatic nitrogens is 3. The number of nitrogens with zero attached hydrogens (tertiary/aromatic N) is 2. The number of imidazole rings is 1. The molecule has 1 N–H and O–H groups in total. The van der Waals surface area contributed by atoms with E-state index in [1.807, 2.05) is 0 Å². The molecule has 0 aliphatic rings. The van der Waals surface area contributed by atoms with E-state index in [2.05, 4.69) is 15.0 Å².